The number of anilines is 1. The van der Waals surface area contributed by atoms with Crippen molar-refractivity contribution in [2.24, 2.45) is 0 Å². The van der Waals surface area contributed by atoms with E-state index in [-0.39, 0.29) is 11.6 Å². The largest absolute Gasteiger partial charge is 0.385 e. The predicted octanol–water partition coefficient (Wildman–Crippen LogP) is 3.03. The number of nitrogens with zero attached hydrogens (tertiary/aromatic N) is 2. The zero-order valence-electron chi connectivity index (χ0n) is 12.7. The van der Waals surface area contributed by atoms with Crippen LogP contribution in [-0.4, -0.2) is 29.5 Å². The molecule has 23 heavy (non-hydrogen) atoms. The average Bonchev–Trinajstić information content (AvgIpc) is 2.96. The van der Waals surface area contributed by atoms with Gasteiger partial charge in [0.1, 0.15) is 5.82 Å². The van der Waals surface area contributed by atoms with E-state index in [4.69, 9.17) is 16.3 Å². The lowest BCUT2D eigenvalue weighted by Gasteiger charge is -2.06. The number of rotatable bonds is 7. The molecule has 8 heteroatoms. The molecule has 2 amide bonds. The highest BCUT2D eigenvalue weighted by Crippen LogP contribution is 2.15. The van der Waals surface area contributed by atoms with E-state index in [0.29, 0.717) is 24.5 Å². The van der Waals surface area contributed by atoms with Crippen molar-refractivity contribution in [2.45, 2.75) is 19.5 Å². The van der Waals surface area contributed by atoms with Gasteiger partial charge in [0.2, 0.25) is 0 Å². The van der Waals surface area contributed by atoms with Gasteiger partial charge in [-0.1, -0.05) is 17.7 Å². The number of methoxy groups -OCH3 is 1. The third-order valence-corrected chi connectivity index (χ3v) is 3.34. The molecule has 124 valence electrons. The third-order valence-electron chi connectivity index (χ3n) is 3.06. The molecule has 0 bridgehead atoms. The molecular weight excluding hydrogens is 323 g/mol. The first-order valence-electron chi connectivity index (χ1n) is 7.09. The molecule has 0 aliphatic carbocycles. The van der Waals surface area contributed by atoms with Crippen molar-refractivity contribution in [3.8, 4) is 0 Å². The second-order valence-corrected chi connectivity index (χ2v) is 5.27. The minimum Gasteiger partial charge on any atom is -0.385 e. The first-order valence-corrected chi connectivity index (χ1v) is 7.47. The van der Waals surface area contributed by atoms with Gasteiger partial charge >= 0.3 is 6.03 Å². The van der Waals surface area contributed by atoms with E-state index in [1.54, 1.807) is 30.1 Å². The van der Waals surface area contributed by atoms with Gasteiger partial charge in [-0.15, -0.1) is 0 Å². The monoisotopic (exact) mass is 340 g/mol. The summed E-state index contributed by atoms with van der Waals surface area (Å²) in [6, 6.07) is 5.61. The smallest absolute Gasteiger partial charge is 0.320 e. The summed E-state index contributed by atoms with van der Waals surface area (Å²) in [5.41, 5.74) is 0.705. The standard InChI is InChI=1S/C15H18ClFN4O2/c1-23-8-2-6-21-7-5-14(20-21)19-15(22)18-10-11-3-4-13(17)12(16)9-11/h3-5,7,9H,2,6,8,10H2,1H3,(H2,18,19,20,22). The van der Waals surface area contributed by atoms with Crippen molar-refractivity contribution in [3.05, 3.63) is 46.9 Å². The number of amides is 2. The van der Waals surface area contributed by atoms with Gasteiger partial charge in [0.25, 0.3) is 0 Å². The van der Waals surface area contributed by atoms with Gasteiger partial charge in [-0.25, -0.2) is 9.18 Å². The molecule has 0 aliphatic heterocycles. The minimum atomic E-state index is -0.487. The lowest BCUT2D eigenvalue weighted by Crippen LogP contribution is -2.28. The van der Waals surface area contributed by atoms with E-state index in [9.17, 15) is 9.18 Å². The Balaban J connectivity index is 1.79. The van der Waals surface area contributed by atoms with Crippen LogP contribution in [0.5, 0.6) is 0 Å². The Morgan fingerprint density at radius 2 is 2.26 bits per heavy atom. The average molecular weight is 341 g/mol. The van der Waals surface area contributed by atoms with Crippen LogP contribution in [0.25, 0.3) is 0 Å². The summed E-state index contributed by atoms with van der Waals surface area (Å²) >= 11 is 5.69. The Morgan fingerprint density at radius 1 is 1.43 bits per heavy atom. The van der Waals surface area contributed by atoms with Crippen molar-refractivity contribution < 1.29 is 13.9 Å². The van der Waals surface area contributed by atoms with Crippen molar-refractivity contribution >= 4 is 23.4 Å². The van der Waals surface area contributed by atoms with Crippen LogP contribution in [0.3, 0.4) is 0 Å². The summed E-state index contributed by atoms with van der Waals surface area (Å²) < 4.78 is 19.7. The highest BCUT2D eigenvalue weighted by molar-refractivity contribution is 6.30. The van der Waals surface area contributed by atoms with Crippen molar-refractivity contribution in [2.75, 3.05) is 19.0 Å². The van der Waals surface area contributed by atoms with Crippen LogP contribution in [0.15, 0.2) is 30.5 Å². The van der Waals surface area contributed by atoms with Gasteiger partial charge < -0.3 is 10.1 Å². The number of hydrogen-bond acceptors (Lipinski definition) is 3. The molecule has 0 saturated carbocycles. The van der Waals surface area contributed by atoms with Crippen LogP contribution in [0.1, 0.15) is 12.0 Å². The van der Waals surface area contributed by atoms with Crippen molar-refractivity contribution in [1.82, 2.24) is 15.1 Å². The van der Waals surface area contributed by atoms with Gasteiger partial charge in [-0.2, -0.15) is 5.10 Å². The number of carbonyl (C=O) groups excluding carboxylic acids is 1. The van der Waals surface area contributed by atoms with E-state index < -0.39 is 11.8 Å². The first-order chi connectivity index (χ1) is 11.1. The fraction of sp³-hybridized carbons (Fsp3) is 0.333. The molecule has 0 radical (unpaired) electrons. The molecule has 0 unspecified atom stereocenters. The molecule has 6 nitrogen and oxygen atoms in total. The molecule has 0 saturated heterocycles. The highest BCUT2D eigenvalue weighted by atomic mass is 35.5. The van der Waals surface area contributed by atoms with E-state index in [2.05, 4.69) is 15.7 Å². The number of aromatic nitrogens is 2. The number of carbonyl (C=O) groups is 1. The summed E-state index contributed by atoms with van der Waals surface area (Å²) in [6.45, 7) is 1.61. The van der Waals surface area contributed by atoms with Gasteiger partial charge in [-0.05, 0) is 24.1 Å². The summed E-state index contributed by atoms with van der Waals surface area (Å²) in [4.78, 5) is 11.8. The van der Waals surface area contributed by atoms with Gasteiger partial charge in [-0.3, -0.25) is 10.00 Å². The Kier molecular flexibility index (Phi) is 6.37. The van der Waals surface area contributed by atoms with Gasteiger partial charge in [0.05, 0.1) is 5.02 Å². The maximum atomic E-state index is 13.0. The fourth-order valence-electron chi connectivity index (χ4n) is 1.92. The molecular formula is C15H18ClFN4O2. The van der Waals surface area contributed by atoms with E-state index in [1.165, 1.54) is 12.1 Å². The molecule has 0 aliphatic rings. The van der Waals surface area contributed by atoms with Crippen LogP contribution in [0.2, 0.25) is 5.02 Å². The molecule has 1 heterocycles. The molecule has 2 rings (SSSR count). The Hall–Kier alpha value is -2.12. The van der Waals surface area contributed by atoms with Crippen molar-refractivity contribution in [1.29, 1.82) is 0 Å². The molecule has 0 atom stereocenters. The SMILES string of the molecule is COCCCn1ccc(NC(=O)NCc2ccc(F)c(Cl)c2)n1. The van der Waals surface area contributed by atoms with Gasteiger partial charge in [0, 0.05) is 39.1 Å². The number of aryl methyl sites for hydroxylation is 1. The lowest BCUT2D eigenvalue weighted by atomic mass is 10.2. The topological polar surface area (TPSA) is 68.2 Å². The normalized spacial score (nSPS) is 10.6. The van der Waals surface area contributed by atoms with Crippen LogP contribution >= 0.6 is 11.6 Å². The molecule has 0 spiro atoms. The van der Waals surface area contributed by atoms with Crippen LogP contribution in [0.4, 0.5) is 15.0 Å². The second kappa shape index (κ2) is 8.50. The summed E-state index contributed by atoms with van der Waals surface area (Å²) in [6.07, 6.45) is 2.63. The predicted molar refractivity (Wildman–Crippen MR) is 86.0 cm³/mol. The maximum absolute atomic E-state index is 13.0. The highest BCUT2D eigenvalue weighted by Gasteiger charge is 2.06. The van der Waals surface area contributed by atoms with Gasteiger partial charge in [0.15, 0.2) is 5.82 Å². The Bertz CT molecular complexity index is 663. The van der Waals surface area contributed by atoms with E-state index >= 15 is 0 Å². The minimum absolute atomic E-state index is 0.0273. The summed E-state index contributed by atoms with van der Waals surface area (Å²) in [5, 5.41) is 9.53. The molecule has 2 aromatic rings. The number of ether oxygens (including phenoxy) is 1. The number of nitrogens with one attached hydrogen (secondary N) is 2. The number of benzene rings is 1. The zero-order chi connectivity index (χ0) is 16.7. The lowest BCUT2D eigenvalue weighted by molar-refractivity contribution is 0.189. The van der Waals surface area contributed by atoms with Crippen LogP contribution in [-0.2, 0) is 17.8 Å². The number of urea groups is 1. The zero-order valence-corrected chi connectivity index (χ0v) is 13.4. The van der Waals surface area contributed by atoms with Crippen molar-refractivity contribution in [3.63, 3.8) is 0 Å². The third kappa shape index (κ3) is 5.54. The van der Waals surface area contributed by atoms with Crippen LogP contribution in [0, 0.1) is 5.82 Å². The molecule has 1 aromatic carbocycles. The Morgan fingerprint density at radius 3 is 3.00 bits per heavy atom. The Labute approximate surface area is 138 Å². The summed E-state index contributed by atoms with van der Waals surface area (Å²) in [7, 11) is 1.65. The van der Waals surface area contributed by atoms with E-state index in [1.807, 2.05) is 0 Å². The van der Waals surface area contributed by atoms with E-state index in [0.717, 1.165) is 6.42 Å². The fourth-order valence-corrected chi connectivity index (χ4v) is 2.12. The molecule has 0 fully saturated rings. The first kappa shape index (κ1) is 17.2. The number of halogens is 2. The summed E-state index contributed by atoms with van der Waals surface area (Å²) in [5.74, 6) is -0.0315. The number of hydrogen-bond donors (Lipinski definition) is 2. The quantitative estimate of drug-likeness (QED) is 0.761. The van der Waals surface area contributed by atoms with Crippen LogP contribution < -0.4 is 10.6 Å². The maximum Gasteiger partial charge on any atom is 0.320 e. The second-order valence-electron chi connectivity index (χ2n) is 4.87. The molecule has 2 N–H and O–H groups in total. The molecule has 1 aromatic heterocycles.